The average Bonchev–Trinajstić information content (AvgIpc) is 3.17. The van der Waals surface area contributed by atoms with Gasteiger partial charge in [0.05, 0.1) is 42.5 Å². The van der Waals surface area contributed by atoms with Crippen LogP contribution in [0.15, 0.2) is 67.0 Å². The first-order valence-electron chi connectivity index (χ1n) is 10.2. The Labute approximate surface area is 181 Å². The quantitative estimate of drug-likeness (QED) is 0.486. The molecule has 0 amide bonds. The summed E-state index contributed by atoms with van der Waals surface area (Å²) in [5.74, 6) is 1.07. The van der Waals surface area contributed by atoms with E-state index in [9.17, 15) is 0 Å². The second kappa shape index (κ2) is 7.80. The van der Waals surface area contributed by atoms with Gasteiger partial charge in [-0.3, -0.25) is 0 Å². The zero-order valence-electron chi connectivity index (χ0n) is 17.6. The van der Waals surface area contributed by atoms with Crippen LogP contribution in [-0.2, 0) is 13.0 Å². The normalized spacial score (nSPS) is 15.2. The molecule has 0 saturated heterocycles. The van der Waals surface area contributed by atoms with Crippen molar-refractivity contribution in [1.29, 1.82) is 0 Å². The molecule has 1 unspecified atom stereocenters. The molecule has 0 radical (unpaired) electrons. The Hall–Kier alpha value is -3.80. The number of rotatable bonds is 5. The van der Waals surface area contributed by atoms with Crippen LogP contribution < -0.4 is 20.1 Å². The van der Waals surface area contributed by atoms with Gasteiger partial charge >= 0.3 is 0 Å². The van der Waals surface area contributed by atoms with E-state index in [1.807, 2.05) is 12.1 Å². The molecule has 1 aliphatic rings. The van der Waals surface area contributed by atoms with E-state index in [-0.39, 0.29) is 6.04 Å². The topological polar surface area (TPSA) is 73.5 Å². The number of nitrogens with zero attached hydrogens (tertiary/aromatic N) is 3. The smallest absolute Gasteiger partial charge is 0.184 e. The molecule has 6 heteroatoms. The highest BCUT2D eigenvalue weighted by Crippen LogP contribution is 2.46. The van der Waals surface area contributed by atoms with E-state index in [1.54, 1.807) is 20.5 Å². The molecule has 2 heterocycles. The number of nitrogen functional groups attached to an aromatic ring is 1. The zero-order valence-corrected chi connectivity index (χ0v) is 17.6. The van der Waals surface area contributed by atoms with Gasteiger partial charge in [-0.25, -0.2) is 9.97 Å². The second-order valence-corrected chi connectivity index (χ2v) is 7.64. The summed E-state index contributed by atoms with van der Waals surface area (Å²) >= 11 is 0. The summed E-state index contributed by atoms with van der Waals surface area (Å²) in [6, 6.07) is 20.9. The number of ether oxygens (including phenoxy) is 2. The summed E-state index contributed by atoms with van der Waals surface area (Å²) in [5.41, 5.74) is 12.5. The number of hydrogen-bond donors (Lipinski definition) is 1. The van der Waals surface area contributed by atoms with E-state index >= 15 is 0 Å². The number of methoxy groups -OCH3 is 2. The minimum absolute atomic E-state index is 0.0310. The molecule has 0 saturated carbocycles. The Morgan fingerprint density at radius 3 is 2.55 bits per heavy atom. The lowest BCUT2D eigenvalue weighted by atomic mass is 10.0. The summed E-state index contributed by atoms with van der Waals surface area (Å²) in [4.78, 5) is 11.6. The van der Waals surface area contributed by atoms with Crippen molar-refractivity contribution in [2.24, 2.45) is 0 Å². The van der Waals surface area contributed by atoms with Crippen molar-refractivity contribution >= 4 is 22.3 Å². The van der Waals surface area contributed by atoms with Gasteiger partial charge in [0.25, 0.3) is 0 Å². The van der Waals surface area contributed by atoms with E-state index in [0.29, 0.717) is 17.2 Å². The predicted molar refractivity (Wildman–Crippen MR) is 123 cm³/mol. The van der Waals surface area contributed by atoms with Gasteiger partial charge in [0.15, 0.2) is 11.5 Å². The number of anilines is 2. The van der Waals surface area contributed by atoms with Crippen LogP contribution in [0.25, 0.3) is 10.9 Å². The van der Waals surface area contributed by atoms with Gasteiger partial charge < -0.3 is 20.1 Å². The molecule has 2 N–H and O–H groups in total. The zero-order chi connectivity index (χ0) is 21.4. The van der Waals surface area contributed by atoms with E-state index < -0.39 is 0 Å². The minimum atomic E-state index is 0.0310. The van der Waals surface area contributed by atoms with Crippen LogP contribution in [-0.4, -0.2) is 24.2 Å². The standard InChI is InChI=1S/C25H24N4O2/c1-30-21-13-18-22(23(26)25(21)31-2)24(28-15-27-18)20-12-17-10-6-7-11-19(17)29(20)14-16-8-4-3-5-9-16/h3-11,13,15,20H,12,14,26H2,1-2H3. The molecule has 3 aromatic carbocycles. The van der Waals surface area contributed by atoms with Crippen molar-refractivity contribution < 1.29 is 9.47 Å². The third-order valence-electron chi connectivity index (χ3n) is 5.94. The van der Waals surface area contributed by atoms with Gasteiger partial charge in [-0.1, -0.05) is 48.5 Å². The molecular weight excluding hydrogens is 388 g/mol. The van der Waals surface area contributed by atoms with Crippen LogP contribution in [0.4, 0.5) is 11.4 Å². The first-order valence-corrected chi connectivity index (χ1v) is 10.2. The number of hydrogen-bond acceptors (Lipinski definition) is 6. The number of aromatic nitrogens is 2. The van der Waals surface area contributed by atoms with E-state index in [0.717, 1.165) is 29.6 Å². The Bertz CT molecular complexity index is 1240. The summed E-state index contributed by atoms with van der Waals surface area (Å²) in [5, 5.41) is 0.816. The molecule has 1 aliphatic heterocycles. The highest BCUT2D eigenvalue weighted by molar-refractivity contribution is 5.98. The summed E-state index contributed by atoms with van der Waals surface area (Å²) < 4.78 is 11.0. The van der Waals surface area contributed by atoms with Crippen molar-refractivity contribution in [2.75, 3.05) is 24.9 Å². The van der Waals surface area contributed by atoms with E-state index in [1.165, 1.54) is 16.8 Å². The van der Waals surface area contributed by atoms with Gasteiger partial charge in [-0.2, -0.15) is 0 Å². The summed E-state index contributed by atoms with van der Waals surface area (Å²) in [6.45, 7) is 0.779. The Morgan fingerprint density at radius 1 is 1.00 bits per heavy atom. The monoisotopic (exact) mass is 412 g/mol. The number of benzene rings is 3. The summed E-state index contributed by atoms with van der Waals surface area (Å²) in [7, 11) is 3.19. The summed E-state index contributed by atoms with van der Waals surface area (Å²) in [6.07, 6.45) is 2.45. The van der Waals surface area contributed by atoms with Crippen LogP contribution in [0.5, 0.6) is 11.5 Å². The maximum atomic E-state index is 6.57. The molecule has 31 heavy (non-hydrogen) atoms. The minimum Gasteiger partial charge on any atom is -0.493 e. The Balaban J connectivity index is 1.68. The maximum Gasteiger partial charge on any atom is 0.184 e. The van der Waals surface area contributed by atoms with Crippen molar-refractivity contribution in [3.63, 3.8) is 0 Å². The van der Waals surface area contributed by atoms with Crippen LogP contribution in [0.1, 0.15) is 22.9 Å². The third kappa shape index (κ3) is 3.20. The van der Waals surface area contributed by atoms with Gasteiger partial charge in [0, 0.05) is 24.7 Å². The van der Waals surface area contributed by atoms with Crippen molar-refractivity contribution in [3.05, 3.63) is 83.8 Å². The fourth-order valence-electron chi connectivity index (χ4n) is 4.52. The largest absolute Gasteiger partial charge is 0.493 e. The molecule has 1 atom stereocenters. The lowest BCUT2D eigenvalue weighted by molar-refractivity contribution is 0.357. The molecule has 0 bridgehead atoms. The molecule has 0 spiro atoms. The fourth-order valence-corrected chi connectivity index (χ4v) is 4.52. The second-order valence-electron chi connectivity index (χ2n) is 7.64. The van der Waals surface area contributed by atoms with Crippen LogP contribution in [0.3, 0.4) is 0 Å². The number of fused-ring (bicyclic) bond motifs is 2. The highest BCUT2D eigenvalue weighted by atomic mass is 16.5. The molecule has 156 valence electrons. The first-order chi connectivity index (χ1) is 15.2. The SMILES string of the molecule is COc1cc2ncnc(C3Cc4ccccc4N3Cc3ccccc3)c2c(N)c1OC. The maximum absolute atomic E-state index is 6.57. The van der Waals surface area contributed by atoms with Crippen LogP contribution >= 0.6 is 0 Å². The van der Waals surface area contributed by atoms with Gasteiger partial charge in [0.1, 0.15) is 6.33 Å². The highest BCUT2D eigenvalue weighted by Gasteiger charge is 2.33. The first kappa shape index (κ1) is 19.2. The molecule has 0 fully saturated rings. The van der Waals surface area contributed by atoms with Gasteiger partial charge in [-0.15, -0.1) is 0 Å². The average molecular weight is 412 g/mol. The Morgan fingerprint density at radius 2 is 1.77 bits per heavy atom. The number of nitrogens with two attached hydrogens (primary N) is 1. The molecule has 5 rings (SSSR count). The number of para-hydroxylation sites is 1. The molecule has 1 aromatic heterocycles. The van der Waals surface area contributed by atoms with Crippen molar-refractivity contribution in [2.45, 2.75) is 19.0 Å². The third-order valence-corrected chi connectivity index (χ3v) is 5.94. The van der Waals surface area contributed by atoms with Gasteiger partial charge in [-0.05, 0) is 17.2 Å². The molecule has 6 nitrogen and oxygen atoms in total. The molecule has 4 aromatic rings. The predicted octanol–water partition coefficient (Wildman–Crippen LogP) is 4.53. The van der Waals surface area contributed by atoms with Crippen LogP contribution in [0.2, 0.25) is 0 Å². The van der Waals surface area contributed by atoms with Gasteiger partial charge in [0.2, 0.25) is 0 Å². The van der Waals surface area contributed by atoms with Crippen molar-refractivity contribution in [3.8, 4) is 11.5 Å². The van der Waals surface area contributed by atoms with Crippen LogP contribution in [0, 0.1) is 0 Å². The lowest BCUT2D eigenvalue weighted by Gasteiger charge is -2.28. The lowest BCUT2D eigenvalue weighted by Crippen LogP contribution is -2.26. The Kier molecular flexibility index (Phi) is 4.82. The van der Waals surface area contributed by atoms with E-state index in [4.69, 9.17) is 20.2 Å². The van der Waals surface area contributed by atoms with Crippen molar-refractivity contribution in [1.82, 2.24) is 9.97 Å². The van der Waals surface area contributed by atoms with E-state index in [2.05, 4.69) is 58.4 Å². The fraction of sp³-hybridized carbons (Fsp3) is 0.200. The molecule has 0 aliphatic carbocycles. The molecular formula is C25H24N4O2.